The molecule has 5 rings (SSSR count). The molecule has 0 saturated carbocycles. The minimum atomic E-state index is -0.136. The summed E-state index contributed by atoms with van der Waals surface area (Å²) in [6, 6.07) is 23.8. The zero-order valence-corrected chi connectivity index (χ0v) is 23.3. The van der Waals surface area contributed by atoms with Crippen LogP contribution in [0.1, 0.15) is 47.5 Å². The van der Waals surface area contributed by atoms with Gasteiger partial charge in [-0.1, -0.05) is 49.4 Å². The van der Waals surface area contributed by atoms with Crippen LogP contribution in [0.15, 0.2) is 77.6 Å². The molecule has 2 aromatic heterocycles. The van der Waals surface area contributed by atoms with Gasteiger partial charge in [0.1, 0.15) is 11.5 Å². The van der Waals surface area contributed by atoms with Crippen molar-refractivity contribution in [3.05, 3.63) is 111 Å². The van der Waals surface area contributed by atoms with Crippen molar-refractivity contribution in [2.24, 2.45) is 0 Å². The highest BCUT2D eigenvalue weighted by molar-refractivity contribution is 5.81. The number of benzene rings is 3. The van der Waals surface area contributed by atoms with Gasteiger partial charge in [0.2, 0.25) is 0 Å². The van der Waals surface area contributed by atoms with Gasteiger partial charge in [0.25, 0.3) is 5.56 Å². The first-order valence-electron chi connectivity index (χ1n) is 13.4. The molecule has 0 aliphatic heterocycles. The number of aromatic amines is 1. The first-order chi connectivity index (χ1) is 19.5. The Morgan fingerprint density at radius 2 is 1.60 bits per heavy atom. The van der Waals surface area contributed by atoms with E-state index in [1.807, 2.05) is 84.4 Å². The number of tetrazole rings is 1. The minimum absolute atomic E-state index is 0.0887. The van der Waals surface area contributed by atoms with Gasteiger partial charge in [0, 0.05) is 18.7 Å². The van der Waals surface area contributed by atoms with Crippen molar-refractivity contribution < 1.29 is 9.47 Å². The van der Waals surface area contributed by atoms with Gasteiger partial charge in [-0.25, -0.2) is 4.68 Å². The fraction of sp³-hybridized carbons (Fsp3) is 0.290. The largest absolute Gasteiger partial charge is 0.497 e. The quantitative estimate of drug-likeness (QED) is 0.252. The highest BCUT2D eigenvalue weighted by atomic mass is 16.5. The summed E-state index contributed by atoms with van der Waals surface area (Å²) in [7, 11) is 3.31. The maximum atomic E-state index is 13.3. The van der Waals surface area contributed by atoms with E-state index in [2.05, 4.69) is 32.3 Å². The first kappa shape index (κ1) is 27.1. The molecule has 0 spiro atoms. The highest BCUT2D eigenvalue weighted by Gasteiger charge is 2.26. The molecule has 1 unspecified atom stereocenters. The fourth-order valence-electron chi connectivity index (χ4n) is 5.08. The molecule has 0 aliphatic rings. The number of hydrogen-bond acceptors (Lipinski definition) is 7. The van der Waals surface area contributed by atoms with Crippen LogP contribution in [-0.2, 0) is 19.6 Å². The number of para-hydroxylation sites is 1. The monoisotopic (exact) mass is 538 g/mol. The molecule has 0 aliphatic carbocycles. The van der Waals surface area contributed by atoms with Crippen molar-refractivity contribution >= 4 is 10.9 Å². The molecule has 0 bridgehead atoms. The van der Waals surface area contributed by atoms with Gasteiger partial charge in [-0.2, -0.15) is 0 Å². The number of rotatable bonds is 11. The summed E-state index contributed by atoms with van der Waals surface area (Å²) in [5.41, 5.74) is 4.68. The number of nitrogens with one attached hydrogen (secondary N) is 1. The number of methoxy groups -OCH3 is 2. The first-order valence-corrected chi connectivity index (χ1v) is 13.4. The summed E-state index contributed by atoms with van der Waals surface area (Å²) >= 11 is 0. The smallest absolute Gasteiger partial charge is 0.252 e. The van der Waals surface area contributed by atoms with Crippen molar-refractivity contribution in [1.82, 2.24) is 30.1 Å². The summed E-state index contributed by atoms with van der Waals surface area (Å²) in [5, 5.41) is 13.8. The van der Waals surface area contributed by atoms with Crippen molar-refractivity contribution in [1.29, 1.82) is 0 Å². The van der Waals surface area contributed by atoms with Gasteiger partial charge in [0.05, 0.1) is 32.3 Å². The topological polar surface area (TPSA) is 98.2 Å². The second-order valence-corrected chi connectivity index (χ2v) is 9.88. The fourth-order valence-corrected chi connectivity index (χ4v) is 5.08. The standard InChI is InChI=1S/C31H34N6O3/c1-5-28(30-33-34-35-37(30)19-23-11-15-27(40-4)16-12-23)36(18-22-9-13-26(39-3)14-10-22)20-25-17-24-8-6-7-21(2)29(24)32-31(25)38/h6-17,28H,5,18-20H2,1-4H3,(H,32,38). The van der Waals surface area contributed by atoms with Crippen LogP contribution in [0.3, 0.4) is 0 Å². The third kappa shape index (κ3) is 5.89. The molecule has 0 saturated heterocycles. The Labute approximate surface area is 233 Å². The Balaban J connectivity index is 1.50. The number of nitrogens with zero attached hydrogens (tertiary/aromatic N) is 5. The lowest BCUT2D eigenvalue weighted by Crippen LogP contribution is -2.32. The molecule has 3 aromatic carbocycles. The number of pyridine rings is 1. The van der Waals surface area contributed by atoms with Crippen LogP contribution in [-0.4, -0.2) is 44.3 Å². The number of hydrogen-bond donors (Lipinski definition) is 1. The maximum Gasteiger partial charge on any atom is 0.252 e. The highest BCUT2D eigenvalue weighted by Crippen LogP contribution is 2.28. The number of aryl methyl sites for hydroxylation is 1. The summed E-state index contributed by atoms with van der Waals surface area (Å²) in [6.07, 6.45) is 0.754. The van der Waals surface area contributed by atoms with E-state index >= 15 is 0 Å². The third-order valence-electron chi connectivity index (χ3n) is 7.26. The molecule has 0 radical (unpaired) electrons. The van der Waals surface area contributed by atoms with E-state index < -0.39 is 0 Å². The van der Waals surface area contributed by atoms with Gasteiger partial charge < -0.3 is 14.5 Å². The summed E-state index contributed by atoms with van der Waals surface area (Å²) in [4.78, 5) is 18.6. The van der Waals surface area contributed by atoms with Gasteiger partial charge in [-0.3, -0.25) is 9.69 Å². The molecule has 9 nitrogen and oxygen atoms in total. The van der Waals surface area contributed by atoms with Crippen LogP contribution in [0.2, 0.25) is 0 Å². The van der Waals surface area contributed by atoms with Crippen LogP contribution >= 0.6 is 0 Å². The molecule has 2 heterocycles. The van der Waals surface area contributed by atoms with Crippen LogP contribution < -0.4 is 15.0 Å². The summed E-state index contributed by atoms with van der Waals surface area (Å²) < 4.78 is 12.5. The van der Waals surface area contributed by atoms with Crippen LogP contribution in [0.5, 0.6) is 11.5 Å². The Hall–Kier alpha value is -4.50. The van der Waals surface area contributed by atoms with Crippen LogP contribution in [0.4, 0.5) is 0 Å². The zero-order chi connectivity index (χ0) is 28.1. The number of H-pyrrole nitrogens is 1. The lowest BCUT2D eigenvalue weighted by atomic mass is 10.1. The predicted molar refractivity (Wildman–Crippen MR) is 154 cm³/mol. The average molecular weight is 539 g/mol. The molecule has 1 N–H and O–H groups in total. The van der Waals surface area contributed by atoms with Crippen molar-refractivity contribution in [3.8, 4) is 11.5 Å². The molecule has 0 fully saturated rings. The van der Waals surface area contributed by atoms with E-state index in [0.717, 1.165) is 51.3 Å². The Kier molecular flexibility index (Phi) is 8.21. The lowest BCUT2D eigenvalue weighted by Gasteiger charge is -2.30. The third-order valence-corrected chi connectivity index (χ3v) is 7.26. The van der Waals surface area contributed by atoms with Crippen LogP contribution in [0, 0.1) is 6.92 Å². The Morgan fingerprint density at radius 3 is 2.25 bits per heavy atom. The van der Waals surface area contributed by atoms with Crippen molar-refractivity contribution in [3.63, 3.8) is 0 Å². The normalized spacial score (nSPS) is 12.1. The van der Waals surface area contributed by atoms with Crippen molar-refractivity contribution in [2.45, 2.75) is 45.9 Å². The summed E-state index contributed by atoms with van der Waals surface area (Å²) in [5.74, 6) is 2.35. The minimum Gasteiger partial charge on any atom is -0.497 e. The molecule has 5 aromatic rings. The van der Waals surface area contributed by atoms with E-state index in [1.165, 1.54) is 0 Å². The average Bonchev–Trinajstić information content (AvgIpc) is 3.42. The van der Waals surface area contributed by atoms with E-state index in [9.17, 15) is 4.79 Å². The van der Waals surface area contributed by atoms with E-state index in [4.69, 9.17) is 9.47 Å². The number of fused-ring (bicyclic) bond motifs is 1. The van der Waals surface area contributed by atoms with E-state index in [0.29, 0.717) is 25.2 Å². The second-order valence-electron chi connectivity index (χ2n) is 9.88. The SMILES string of the molecule is CCC(c1nnnn1Cc1ccc(OC)cc1)N(Cc1ccc(OC)cc1)Cc1cc2cccc(C)c2[nH]c1=O. The lowest BCUT2D eigenvalue weighted by molar-refractivity contribution is 0.161. The molecule has 9 heteroatoms. The van der Waals surface area contributed by atoms with E-state index in [1.54, 1.807) is 14.2 Å². The second kappa shape index (κ2) is 12.1. The molecule has 206 valence electrons. The number of ether oxygens (including phenoxy) is 2. The Bertz CT molecular complexity index is 1630. The molecule has 1 atom stereocenters. The van der Waals surface area contributed by atoms with Gasteiger partial charge in [-0.15, -0.1) is 5.10 Å². The van der Waals surface area contributed by atoms with Crippen molar-refractivity contribution in [2.75, 3.05) is 14.2 Å². The maximum absolute atomic E-state index is 13.3. The predicted octanol–water partition coefficient (Wildman–Crippen LogP) is 5.04. The molecule has 40 heavy (non-hydrogen) atoms. The van der Waals surface area contributed by atoms with Gasteiger partial charge >= 0.3 is 0 Å². The Morgan fingerprint density at radius 1 is 0.925 bits per heavy atom. The van der Waals surface area contributed by atoms with Crippen LogP contribution in [0.25, 0.3) is 10.9 Å². The zero-order valence-electron chi connectivity index (χ0n) is 23.3. The van der Waals surface area contributed by atoms with Gasteiger partial charge in [0.15, 0.2) is 5.82 Å². The molecular formula is C31H34N6O3. The van der Waals surface area contributed by atoms with Gasteiger partial charge in [-0.05, 0) is 76.2 Å². The molecule has 0 amide bonds. The summed E-state index contributed by atoms with van der Waals surface area (Å²) in [6.45, 7) is 5.67. The number of aromatic nitrogens is 5. The van der Waals surface area contributed by atoms with E-state index in [-0.39, 0.29) is 11.6 Å². The molecular weight excluding hydrogens is 504 g/mol.